The Kier molecular flexibility index (Phi) is 9.55. The average Bonchev–Trinajstić information content (AvgIpc) is 3.09. The van der Waals surface area contributed by atoms with Crippen molar-refractivity contribution in [1.29, 1.82) is 0 Å². The van der Waals surface area contributed by atoms with Crippen LogP contribution in [-0.4, -0.2) is 63.3 Å². The smallest absolute Gasteiger partial charge is 0.409 e. The van der Waals surface area contributed by atoms with Crippen LogP contribution in [0.2, 0.25) is 0 Å². The van der Waals surface area contributed by atoms with Crippen LogP contribution in [0.4, 0.5) is 10.5 Å². The maximum atomic E-state index is 14.1. The fraction of sp³-hybridized carbons (Fsp3) is 0.300. The molecule has 4 rings (SSSR count). The number of para-hydroxylation sites is 1. The second-order valence-corrected chi connectivity index (χ2v) is 10.3. The number of rotatable bonds is 9. The predicted molar refractivity (Wildman–Crippen MR) is 152 cm³/mol. The third kappa shape index (κ3) is 6.69. The first-order chi connectivity index (χ1) is 19.3. The number of esters is 1. The van der Waals surface area contributed by atoms with Crippen molar-refractivity contribution in [3.63, 3.8) is 0 Å². The summed E-state index contributed by atoms with van der Waals surface area (Å²) in [6.07, 6.45) is -1.64. The average molecular weight is 565 g/mol. The van der Waals surface area contributed by atoms with Gasteiger partial charge in [-0.25, -0.2) is 4.79 Å². The summed E-state index contributed by atoms with van der Waals surface area (Å²) in [6.45, 7) is 1.71. The first kappa shape index (κ1) is 28.8. The van der Waals surface area contributed by atoms with E-state index >= 15 is 0 Å². The van der Waals surface area contributed by atoms with E-state index in [1.165, 1.54) is 35.6 Å². The van der Waals surface area contributed by atoms with Crippen LogP contribution in [0.5, 0.6) is 11.5 Å². The fourth-order valence-electron chi connectivity index (χ4n) is 4.34. The standard InChI is InChI=1S/C30H32N2O7S/c1-20(33)39-27-28(22-13-15-23(36-3)16-14-22)40-25-12-8-11-24(37-4)26(25)32(29(27)34)18-17-31(2)30(35)38-19-21-9-6-5-7-10-21/h5-16,27-28H,17-19H2,1-4H3/t27-,28+/m0/s1. The summed E-state index contributed by atoms with van der Waals surface area (Å²) < 4.78 is 22.0. The number of carbonyl (C=O) groups is 3. The van der Waals surface area contributed by atoms with Gasteiger partial charge in [0.15, 0.2) is 6.10 Å². The molecule has 2 atom stereocenters. The third-order valence-electron chi connectivity index (χ3n) is 6.40. The van der Waals surface area contributed by atoms with Crippen molar-refractivity contribution in [2.75, 3.05) is 39.3 Å². The van der Waals surface area contributed by atoms with Crippen LogP contribution in [0.3, 0.4) is 0 Å². The molecule has 0 saturated heterocycles. The Hall–Kier alpha value is -4.18. The molecule has 0 aliphatic carbocycles. The van der Waals surface area contributed by atoms with Crippen LogP contribution < -0.4 is 14.4 Å². The van der Waals surface area contributed by atoms with Gasteiger partial charge in [-0.3, -0.25) is 9.59 Å². The normalized spacial score (nSPS) is 16.4. The zero-order chi connectivity index (χ0) is 28.6. The predicted octanol–water partition coefficient (Wildman–Crippen LogP) is 5.08. The number of likely N-dealkylation sites (N-methyl/N-ethyl adjacent to an activating group) is 1. The van der Waals surface area contributed by atoms with Crippen molar-refractivity contribution in [1.82, 2.24) is 4.90 Å². The van der Waals surface area contributed by atoms with Crippen molar-refractivity contribution in [2.24, 2.45) is 0 Å². The summed E-state index contributed by atoms with van der Waals surface area (Å²) in [5.74, 6) is 0.169. The van der Waals surface area contributed by atoms with Gasteiger partial charge >= 0.3 is 12.1 Å². The number of benzene rings is 3. The zero-order valence-corrected chi connectivity index (χ0v) is 23.7. The van der Waals surface area contributed by atoms with Crippen molar-refractivity contribution < 1.29 is 33.3 Å². The summed E-state index contributed by atoms with van der Waals surface area (Å²) in [7, 11) is 4.72. The minimum Gasteiger partial charge on any atom is -0.497 e. The maximum absolute atomic E-state index is 14.1. The molecule has 1 heterocycles. The van der Waals surface area contributed by atoms with E-state index in [1.807, 2.05) is 54.6 Å². The highest BCUT2D eigenvalue weighted by Gasteiger charge is 2.42. The summed E-state index contributed by atoms with van der Waals surface area (Å²) in [4.78, 5) is 42.7. The second kappa shape index (κ2) is 13.3. The number of hydrogen-bond acceptors (Lipinski definition) is 8. The first-order valence-corrected chi connectivity index (χ1v) is 13.6. The van der Waals surface area contributed by atoms with Gasteiger partial charge < -0.3 is 28.7 Å². The van der Waals surface area contributed by atoms with Crippen LogP contribution >= 0.6 is 11.8 Å². The number of fused-ring (bicyclic) bond motifs is 1. The Bertz CT molecular complexity index is 1330. The molecule has 3 aromatic rings. The monoisotopic (exact) mass is 564 g/mol. The van der Waals surface area contributed by atoms with Crippen LogP contribution in [0, 0.1) is 0 Å². The van der Waals surface area contributed by atoms with Crippen LogP contribution in [0.1, 0.15) is 23.3 Å². The summed E-state index contributed by atoms with van der Waals surface area (Å²) >= 11 is 1.41. The molecule has 0 spiro atoms. The molecule has 0 radical (unpaired) electrons. The number of hydrogen-bond donors (Lipinski definition) is 0. The number of nitrogens with zero attached hydrogens (tertiary/aromatic N) is 2. The largest absolute Gasteiger partial charge is 0.497 e. The Morgan fingerprint density at radius 3 is 2.33 bits per heavy atom. The summed E-state index contributed by atoms with van der Waals surface area (Å²) in [5.41, 5.74) is 2.22. The molecule has 2 amide bonds. The second-order valence-electron chi connectivity index (χ2n) is 9.10. The van der Waals surface area contributed by atoms with E-state index in [-0.39, 0.29) is 19.7 Å². The number of anilines is 1. The van der Waals surface area contributed by atoms with Crippen molar-refractivity contribution in [2.45, 2.75) is 29.8 Å². The summed E-state index contributed by atoms with van der Waals surface area (Å²) in [6, 6.07) is 22.2. The van der Waals surface area contributed by atoms with Gasteiger partial charge in [0.2, 0.25) is 0 Å². The molecule has 0 bridgehead atoms. The van der Waals surface area contributed by atoms with Gasteiger partial charge in [-0.2, -0.15) is 0 Å². The SMILES string of the molecule is COc1ccc([C@H]2Sc3cccc(OC)c3N(CCN(C)C(=O)OCc3ccccc3)C(=O)[C@H]2OC(C)=O)cc1. The number of amides is 2. The molecule has 0 N–H and O–H groups in total. The van der Waals surface area contributed by atoms with Gasteiger partial charge in [-0.15, -0.1) is 11.8 Å². The molecule has 9 nitrogen and oxygen atoms in total. The molecule has 0 unspecified atom stereocenters. The van der Waals surface area contributed by atoms with Crippen LogP contribution in [0.25, 0.3) is 0 Å². The van der Waals surface area contributed by atoms with E-state index in [4.69, 9.17) is 18.9 Å². The Morgan fingerprint density at radius 2 is 1.68 bits per heavy atom. The van der Waals surface area contributed by atoms with Gasteiger partial charge in [0.25, 0.3) is 5.91 Å². The lowest BCUT2D eigenvalue weighted by Gasteiger charge is -2.29. The number of methoxy groups -OCH3 is 2. The highest BCUT2D eigenvalue weighted by molar-refractivity contribution is 7.99. The molecular weight excluding hydrogens is 532 g/mol. The van der Waals surface area contributed by atoms with Crippen LogP contribution in [0.15, 0.2) is 77.7 Å². The minimum atomic E-state index is -1.12. The van der Waals surface area contributed by atoms with E-state index in [0.717, 1.165) is 16.0 Å². The molecule has 0 aromatic heterocycles. The van der Waals surface area contributed by atoms with Gasteiger partial charge in [0.1, 0.15) is 18.1 Å². The third-order valence-corrected chi connectivity index (χ3v) is 7.76. The van der Waals surface area contributed by atoms with E-state index in [0.29, 0.717) is 17.2 Å². The van der Waals surface area contributed by atoms with Gasteiger partial charge in [-0.05, 0) is 35.4 Å². The molecule has 210 valence electrons. The molecule has 3 aromatic carbocycles. The zero-order valence-electron chi connectivity index (χ0n) is 22.9. The Labute approximate surface area is 238 Å². The van der Waals surface area contributed by atoms with Gasteiger partial charge in [0.05, 0.1) is 25.2 Å². The van der Waals surface area contributed by atoms with Gasteiger partial charge in [-0.1, -0.05) is 48.5 Å². The summed E-state index contributed by atoms with van der Waals surface area (Å²) in [5, 5.41) is -0.535. The number of thioether (sulfide) groups is 1. The maximum Gasteiger partial charge on any atom is 0.409 e. The van der Waals surface area contributed by atoms with E-state index in [1.54, 1.807) is 32.4 Å². The van der Waals surface area contributed by atoms with Crippen LogP contribution in [-0.2, 0) is 25.7 Å². The highest BCUT2D eigenvalue weighted by atomic mass is 32.2. The lowest BCUT2D eigenvalue weighted by Crippen LogP contribution is -2.46. The Balaban J connectivity index is 1.62. The highest BCUT2D eigenvalue weighted by Crippen LogP contribution is 2.49. The fourth-order valence-corrected chi connectivity index (χ4v) is 5.68. The van der Waals surface area contributed by atoms with Crippen molar-refractivity contribution in [3.8, 4) is 11.5 Å². The van der Waals surface area contributed by atoms with Crippen molar-refractivity contribution >= 4 is 35.4 Å². The topological polar surface area (TPSA) is 94.6 Å². The lowest BCUT2D eigenvalue weighted by molar-refractivity contribution is -0.152. The molecule has 1 aliphatic rings. The Morgan fingerprint density at radius 1 is 0.950 bits per heavy atom. The van der Waals surface area contributed by atoms with E-state index < -0.39 is 29.3 Å². The van der Waals surface area contributed by atoms with Crippen molar-refractivity contribution in [3.05, 3.63) is 83.9 Å². The van der Waals surface area contributed by atoms with E-state index in [9.17, 15) is 14.4 Å². The molecule has 40 heavy (non-hydrogen) atoms. The molecule has 0 saturated carbocycles. The molecule has 10 heteroatoms. The molecule has 0 fully saturated rings. The van der Waals surface area contributed by atoms with Gasteiger partial charge in [0, 0.05) is 32.0 Å². The van der Waals surface area contributed by atoms with E-state index in [2.05, 4.69) is 0 Å². The molecular formula is C30H32N2O7S. The quantitative estimate of drug-likeness (QED) is 0.332. The molecule has 1 aliphatic heterocycles. The number of carbonyl (C=O) groups excluding carboxylic acids is 3. The number of ether oxygens (including phenoxy) is 4. The minimum absolute atomic E-state index is 0.122. The first-order valence-electron chi connectivity index (χ1n) is 12.7. The lowest BCUT2D eigenvalue weighted by atomic mass is 10.1.